The Morgan fingerprint density at radius 2 is 2.25 bits per heavy atom. The van der Waals surface area contributed by atoms with Crippen molar-refractivity contribution < 1.29 is 14.6 Å². The monoisotopic (exact) mass is 391 g/mol. The van der Waals surface area contributed by atoms with Gasteiger partial charge < -0.3 is 14.4 Å². The summed E-state index contributed by atoms with van der Waals surface area (Å²) >= 11 is 3.75. The molecule has 0 spiro atoms. The summed E-state index contributed by atoms with van der Waals surface area (Å²) in [6.07, 6.45) is 7.21. The van der Waals surface area contributed by atoms with E-state index in [4.69, 9.17) is 4.74 Å². The van der Waals surface area contributed by atoms with Gasteiger partial charge in [0, 0.05) is 11.9 Å². The Hall–Kier alpha value is -1.59. The molecule has 0 amide bonds. The number of carbonyl (C=O) groups excluding carboxylic acids is 1. The van der Waals surface area contributed by atoms with Gasteiger partial charge in [-0.25, -0.2) is 4.79 Å². The van der Waals surface area contributed by atoms with E-state index in [1.54, 1.807) is 6.92 Å². The summed E-state index contributed by atoms with van der Waals surface area (Å²) in [7, 11) is 1.39. The number of allylic oxidation sites excluding steroid dienone is 2. The summed E-state index contributed by atoms with van der Waals surface area (Å²) in [5.41, 5.74) is 2.75. The molecule has 2 atom stereocenters. The molecule has 2 aromatic rings. The van der Waals surface area contributed by atoms with Gasteiger partial charge in [0.25, 0.3) is 0 Å². The molecule has 0 saturated carbocycles. The normalized spacial score (nSPS) is 18.8. The molecule has 0 saturated heterocycles. The maximum absolute atomic E-state index is 11.9. The molecule has 0 fully saturated rings. The van der Waals surface area contributed by atoms with E-state index in [2.05, 4.69) is 32.6 Å². The molecule has 128 valence electrons. The zero-order valence-electron chi connectivity index (χ0n) is 14.0. The number of carbonyl (C=O) groups is 1. The van der Waals surface area contributed by atoms with Crippen LogP contribution in [0.5, 0.6) is 0 Å². The van der Waals surface area contributed by atoms with Gasteiger partial charge in [-0.1, -0.05) is 18.2 Å². The molecule has 1 aromatic carbocycles. The van der Waals surface area contributed by atoms with E-state index >= 15 is 0 Å². The Morgan fingerprint density at radius 1 is 1.46 bits per heavy atom. The lowest BCUT2D eigenvalue weighted by molar-refractivity contribution is 0.0601. The molecule has 4 nitrogen and oxygen atoms in total. The molecule has 1 N–H and O–H groups in total. The van der Waals surface area contributed by atoms with E-state index in [1.807, 2.05) is 18.2 Å². The molecule has 0 bridgehead atoms. The van der Waals surface area contributed by atoms with Gasteiger partial charge >= 0.3 is 5.97 Å². The van der Waals surface area contributed by atoms with E-state index in [-0.39, 0.29) is 5.97 Å². The molecule has 1 aliphatic carbocycles. The van der Waals surface area contributed by atoms with Crippen molar-refractivity contribution in [3.05, 3.63) is 46.1 Å². The van der Waals surface area contributed by atoms with Gasteiger partial charge in [0.2, 0.25) is 0 Å². The van der Waals surface area contributed by atoms with Crippen molar-refractivity contribution in [1.29, 1.82) is 0 Å². The first-order valence-electron chi connectivity index (χ1n) is 8.26. The largest absolute Gasteiger partial charge is 0.465 e. The number of methoxy groups -OCH3 is 1. The summed E-state index contributed by atoms with van der Waals surface area (Å²) in [6.45, 7) is 2.25. The average molecular weight is 392 g/mol. The van der Waals surface area contributed by atoms with Crippen molar-refractivity contribution in [1.82, 2.24) is 4.57 Å². The predicted octanol–water partition coefficient (Wildman–Crippen LogP) is 4.39. The fourth-order valence-corrected chi connectivity index (χ4v) is 4.35. The highest BCUT2D eigenvalue weighted by atomic mass is 79.9. The summed E-state index contributed by atoms with van der Waals surface area (Å²) in [4.78, 5) is 11.9. The number of rotatable bonds is 4. The van der Waals surface area contributed by atoms with Crippen molar-refractivity contribution in [3.63, 3.8) is 0 Å². The number of aromatic nitrogens is 1. The number of benzene rings is 1. The first kappa shape index (κ1) is 17.2. The summed E-state index contributed by atoms with van der Waals surface area (Å²) < 4.78 is 7.90. The van der Waals surface area contributed by atoms with Crippen LogP contribution < -0.4 is 0 Å². The number of hydrogen-bond acceptors (Lipinski definition) is 3. The third kappa shape index (κ3) is 3.15. The van der Waals surface area contributed by atoms with Crippen molar-refractivity contribution in [2.75, 3.05) is 7.11 Å². The molecule has 24 heavy (non-hydrogen) atoms. The minimum absolute atomic E-state index is 0.347. The number of ether oxygens (including phenoxy) is 1. The number of hydrogen-bond donors (Lipinski definition) is 1. The molecular weight excluding hydrogens is 370 g/mol. The highest BCUT2D eigenvalue weighted by Crippen LogP contribution is 2.41. The Labute approximate surface area is 150 Å². The fourth-order valence-electron chi connectivity index (χ4n) is 3.48. The smallest absolute Gasteiger partial charge is 0.337 e. The zero-order valence-corrected chi connectivity index (χ0v) is 15.5. The van der Waals surface area contributed by atoms with Gasteiger partial charge in [0.05, 0.1) is 28.9 Å². The van der Waals surface area contributed by atoms with Crippen LogP contribution in [-0.2, 0) is 11.3 Å². The second kappa shape index (κ2) is 7.11. The maximum Gasteiger partial charge on any atom is 0.337 e. The van der Waals surface area contributed by atoms with Crippen molar-refractivity contribution >= 4 is 32.8 Å². The van der Waals surface area contributed by atoms with Crippen LogP contribution in [0.25, 0.3) is 10.9 Å². The Bertz CT molecular complexity index is 791. The van der Waals surface area contributed by atoms with Crippen molar-refractivity contribution in [2.45, 2.75) is 44.8 Å². The van der Waals surface area contributed by atoms with Crippen molar-refractivity contribution in [2.24, 2.45) is 0 Å². The number of aliphatic hydroxyl groups is 1. The Balaban J connectivity index is 2.19. The van der Waals surface area contributed by atoms with Crippen molar-refractivity contribution in [3.8, 4) is 0 Å². The average Bonchev–Trinajstić information content (AvgIpc) is 2.86. The van der Waals surface area contributed by atoms with E-state index in [0.717, 1.165) is 34.8 Å². The quantitative estimate of drug-likeness (QED) is 0.620. The molecule has 1 aliphatic rings. The van der Waals surface area contributed by atoms with Gasteiger partial charge in [-0.05, 0) is 65.7 Å². The van der Waals surface area contributed by atoms with Gasteiger partial charge in [-0.3, -0.25) is 0 Å². The Kier molecular flexibility index (Phi) is 5.11. The van der Waals surface area contributed by atoms with Crippen LogP contribution >= 0.6 is 15.9 Å². The molecule has 1 aromatic heterocycles. The van der Waals surface area contributed by atoms with Gasteiger partial charge in [-0.15, -0.1) is 0 Å². The third-order valence-corrected chi connectivity index (χ3v) is 5.44. The van der Waals surface area contributed by atoms with Crippen LogP contribution in [0.4, 0.5) is 0 Å². The number of esters is 1. The highest BCUT2D eigenvalue weighted by Gasteiger charge is 2.24. The Morgan fingerprint density at radius 3 is 2.88 bits per heavy atom. The second-order valence-electron chi connectivity index (χ2n) is 6.37. The second-order valence-corrected chi connectivity index (χ2v) is 7.12. The minimum atomic E-state index is -0.474. The van der Waals surface area contributed by atoms with E-state index in [0.29, 0.717) is 18.0 Å². The number of fused-ring (bicyclic) bond motifs is 1. The van der Waals surface area contributed by atoms with Gasteiger partial charge in [0.1, 0.15) is 0 Å². The SMILES string of the molecule is COC(=O)c1ccc2c(C3CC=CCC3)c(Br)n(CC(C)O)c2c1. The molecule has 0 radical (unpaired) electrons. The maximum atomic E-state index is 11.9. The number of nitrogens with zero attached hydrogens (tertiary/aromatic N) is 1. The standard InChI is InChI=1S/C19H22BrNO3/c1-12(22)11-21-16-10-14(19(23)24-2)8-9-15(16)17(18(21)20)13-6-4-3-5-7-13/h3-4,8-10,12-13,22H,5-7,11H2,1-2H3. The lowest BCUT2D eigenvalue weighted by Gasteiger charge is -2.18. The fraction of sp³-hybridized carbons (Fsp3) is 0.421. The van der Waals surface area contributed by atoms with Gasteiger partial charge in [0.15, 0.2) is 0 Å². The lowest BCUT2D eigenvalue weighted by Crippen LogP contribution is -2.12. The molecule has 5 heteroatoms. The molecular formula is C19H22BrNO3. The topological polar surface area (TPSA) is 51.5 Å². The van der Waals surface area contributed by atoms with E-state index < -0.39 is 6.10 Å². The summed E-state index contributed by atoms with van der Waals surface area (Å²) in [5.74, 6) is 0.103. The number of halogens is 1. The van der Waals surface area contributed by atoms with E-state index in [1.165, 1.54) is 12.7 Å². The first-order valence-corrected chi connectivity index (χ1v) is 9.05. The molecule has 1 heterocycles. The van der Waals surface area contributed by atoms with Crippen LogP contribution in [0.1, 0.15) is 48.0 Å². The molecule has 0 aliphatic heterocycles. The summed E-state index contributed by atoms with van der Waals surface area (Å²) in [5, 5.41) is 11.0. The first-order chi connectivity index (χ1) is 11.5. The van der Waals surface area contributed by atoms with Crippen LogP contribution in [0, 0.1) is 0 Å². The number of aliphatic hydroxyl groups excluding tert-OH is 1. The summed E-state index contributed by atoms with van der Waals surface area (Å²) in [6, 6.07) is 5.67. The molecule has 2 unspecified atom stereocenters. The highest BCUT2D eigenvalue weighted by molar-refractivity contribution is 9.10. The predicted molar refractivity (Wildman–Crippen MR) is 98.4 cm³/mol. The van der Waals surface area contributed by atoms with E-state index in [9.17, 15) is 9.90 Å². The zero-order chi connectivity index (χ0) is 17.3. The van der Waals surface area contributed by atoms with Crippen LogP contribution in [0.3, 0.4) is 0 Å². The van der Waals surface area contributed by atoms with Crippen LogP contribution in [-0.4, -0.2) is 28.9 Å². The van der Waals surface area contributed by atoms with Crippen LogP contribution in [0.2, 0.25) is 0 Å². The third-order valence-electron chi connectivity index (χ3n) is 4.58. The van der Waals surface area contributed by atoms with Crippen LogP contribution in [0.15, 0.2) is 35.0 Å². The lowest BCUT2D eigenvalue weighted by atomic mass is 9.87. The van der Waals surface area contributed by atoms with Gasteiger partial charge in [-0.2, -0.15) is 0 Å². The molecule has 3 rings (SSSR count). The minimum Gasteiger partial charge on any atom is -0.465 e.